The number of hydrogen-bond acceptors (Lipinski definition) is 8. The van der Waals surface area contributed by atoms with E-state index in [0.717, 1.165) is 45.0 Å². The number of phenolic OH excluding ortho intramolecular Hbond substituents is 2. The molecule has 4 aromatic carbocycles. The van der Waals surface area contributed by atoms with E-state index in [0.29, 0.717) is 10.8 Å². The number of ether oxygens (including phenoxy) is 1. The van der Waals surface area contributed by atoms with Crippen LogP contribution in [0.3, 0.4) is 0 Å². The SMILES string of the molecule is Cn1c2ccccc2c(=O)c2cc([S+](c3ccc(O)cc3)c3ccc(O)cc3)ccc21.O=C(OC(C(F)(F)F)C(F)(F)S(=O)(=O)[O-])C12CC3CC(CC(C3)C1)C2. The Kier molecular flexibility index (Phi) is 10.1. The number of carbonyl (C=O) groups excluding carboxylic acids is 1. The summed E-state index contributed by atoms with van der Waals surface area (Å²) in [4.78, 5) is 28.7. The van der Waals surface area contributed by atoms with Crippen molar-refractivity contribution < 1.29 is 54.7 Å². The Bertz CT molecular complexity index is 2390. The molecule has 2 N–H and O–H groups in total. The van der Waals surface area contributed by atoms with Crippen molar-refractivity contribution in [3.63, 3.8) is 0 Å². The van der Waals surface area contributed by atoms with Crippen molar-refractivity contribution in [2.75, 3.05) is 0 Å². The molecule has 1 unspecified atom stereocenters. The molecule has 16 heteroatoms. The van der Waals surface area contributed by atoms with Crippen LogP contribution in [0.25, 0.3) is 21.8 Å². The summed E-state index contributed by atoms with van der Waals surface area (Å²) in [6, 6.07) is 28.0. The van der Waals surface area contributed by atoms with Gasteiger partial charge in [-0.3, -0.25) is 9.59 Å². The van der Waals surface area contributed by atoms with E-state index in [9.17, 15) is 54.7 Å². The maximum Gasteiger partial charge on any atom is 0.432 e. The molecule has 1 atom stereocenters. The fourth-order valence-corrected chi connectivity index (χ4v) is 11.5. The van der Waals surface area contributed by atoms with Crippen LogP contribution < -0.4 is 5.43 Å². The van der Waals surface area contributed by atoms with Gasteiger partial charge in [0.2, 0.25) is 0 Å². The number of para-hydroxylation sites is 1. The molecule has 4 saturated carbocycles. The smallest absolute Gasteiger partial charge is 0.432 e. The zero-order valence-corrected chi connectivity index (χ0v) is 31.3. The van der Waals surface area contributed by atoms with Gasteiger partial charge in [-0.05, 0) is 129 Å². The molecule has 1 heterocycles. The molecule has 9 nitrogen and oxygen atoms in total. The fourth-order valence-electron chi connectivity index (χ4n) is 8.97. The first-order valence-corrected chi connectivity index (χ1v) is 20.4. The second-order valence-corrected chi connectivity index (χ2v) is 18.4. The number of fused-ring (bicyclic) bond motifs is 2. The van der Waals surface area contributed by atoms with E-state index in [1.165, 1.54) is 0 Å². The maximum absolute atomic E-state index is 13.5. The van der Waals surface area contributed by atoms with Gasteiger partial charge in [-0.25, -0.2) is 8.42 Å². The quantitative estimate of drug-likeness (QED) is 0.0553. The minimum atomic E-state index is -6.67. The molecule has 0 radical (unpaired) electrons. The van der Waals surface area contributed by atoms with Gasteiger partial charge >= 0.3 is 17.4 Å². The number of alkyl halides is 5. The molecule has 4 aliphatic carbocycles. The molecule has 4 bridgehead atoms. The van der Waals surface area contributed by atoms with Gasteiger partial charge in [0, 0.05) is 18.5 Å². The van der Waals surface area contributed by atoms with E-state index in [-0.39, 0.29) is 53.9 Å². The summed E-state index contributed by atoms with van der Waals surface area (Å²) < 4.78 is 104. The predicted octanol–water partition coefficient (Wildman–Crippen LogP) is 8.01. The Morgan fingerprint density at radius 1 is 0.786 bits per heavy atom. The van der Waals surface area contributed by atoms with Gasteiger partial charge in [-0.2, -0.15) is 22.0 Å². The Hall–Kier alpha value is -4.67. The van der Waals surface area contributed by atoms with E-state index in [1.807, 2.05) is 67.7 Å². The maximum atomic E-state index is 13.5. The standard InChI is InChI=1S/C26H19NO3S.C14H17F5O5S/c1-27-24-5-3-2-4-22(24)26(30)23-16-21(14-15-25(23)27)31(19-10-6-17(28)7-11-19)20-12-8-18(29)9-13-20;15-13(16,17)10(14(18,19)25(21,22)23)24-11(20)12-4-7-1-8(5-12)3-9(2-7)6-12/h2-16H,1H3,(H-,28,29);7-10H,1-6H2,(H,21,22,23). The van der Waals surface area contributed by atoms with Crippen LogP contribution in [0.5, 0.6) is 11.5 Å². The summed E-state index contributed by atoms with van der Waals surface area (Å²) in [6.07, 6.45) is -6.91. The van der Waals surface area contributed by atoms with Crippen molar-refractivity contribution in [3.05, 3.63) is 101 Å². The van der Waals surface area contributed by atoms with Crippen molar-refractivity contribution in [3.8, 4) is 11.5 Å². The van der Waals surface area contributed by atoms with Crippen LogP contribution in [0.15, 0.2) is 110 Å². The summed E-state index contributed by atoms with van der Waals surface area (Å²) >= 11 is 0. The lowest BCUT2D eigenvalue weighted by Gasteiger charge is -2.55. The van der Waals surface area contributed by atoms with Gasteiger partial charge in [0.25, 0.3) is 6.10 Å². The number of aromatic nitrogens is 1. The number of carbonyl (C=O) groups is 1. The van der Waals surface area contributed by atoms with Gasteiger partial charge < -0.3 is 24.1 Å². The Labute approximate surface area is 320 Å². The number of halogens is 5. The molecule has 56 heavy (non-hydrogen) atoms. The number of pyridine rings is 1. The molecule has 5 aromatic rings. The highest BCUT2D eigenvalue weighted by Gasteiger charge is 2.65. The first-order valence-electron chi connectivity index (χ1n) is 17.7. The number of aromatic hydroxyl groups is 2. The van der Waals surface area contributed by atoms with Crippen LogP contribution in [0.2, 0.25) is 0 Å². The molecule has 296 valence electrons. The van der Waals surface area contributed by atoms with Crippen LogP contribution >= 0.6 is 0 Å². The zero-order chi connectivity index (χ0) is 40.4. The van der Waals surface area contributed by atoms with Crippen LogP contribution in [0.1, 0.15) is 38.5 Å². The number of aryl methyl sites for hydroxylation is 1. The molecular formula is C40H36F5NO8S2. The molecule has 4 fully saturated rings. The Morgan fingerprint density at radius 3 is 1.73 bits per heavy atom. The average Bonchev–Trinajstić information content (AvgIpc) is 3.13. The number of hydrogen-bond donors (Lipinski definition) is 2. The summed E-state index contributed by atoms with van der Waals surface area (Å²) in [5.41, 5.74) is 0.516. The number of phenols is 2. The zero-order valence-electron chi connectivity index (χ0n) is 29.7. The molecule has 4 aliphatic rings. The highest BCUT2D eigenvalue weighted by atomic mass is 32.2. The molecule has 1 aromatic heterocycles. The van der Waals surface area contributed by atoms with Gasteiger partial charge in [-0.15, -0.1) is 0 Å². The number of nitrogens with zero attached hydrogens (tertiary/aromatic N) is 1. The summed E-state index contributed by atoms with van der Waals surface area (Å²) in [5, 5.41) is 15.1. The van der Waals surface area contributed by atoms with Gasteiger partial charge in [0.1, 0.15) is 11.5 Å². The van der Waals surface area contributed by atoms with E-state index in [2.05, 4.69) is 15.4 Å². The second-order valence-electron chi connectivity index (χ2n) is 14.9. The van der Waals surface area contributed by atoms with E-state index in [4.69, 9.17) is 0 Å². The van der Waals surface area contributed by atoms with Crippen LogP contribution in [0.4, 0.5) is 22.0 Å². The summed E-state index contributed by atoms with van der Waals surface area (Å²) in [6.45, 7) is 0. The number of esters is 1. The van der Waals surface area contributed by atoms with Crippen molar-refractivity contribution >= 4 is 48.8 Å². The van der Waals surface area contributed by atoms with Crippen LogP contribution in [-0.4, -0.2) is 51.3 Å². The van der Waals surface area contributed by atoms with Crippen molar-refractivity contribution in [2.45, 2.75) is 70.7 Å². The lowest BCUT2D eigenvalue weighted by atomic mass is 9.49. The largest absolute Gasteiger partial charge is 0.743 e. The summed E-state index contributed by atoms with van der Waals surface area (Å²) in [5.74, 6) is -0.670. The average molecular weight is 818 g/mol. The predicted molar refractivity (Wildman–Crippen MR) is 196 cm³/mol. The van der Waals surface area contributed by atoms with Crippen molar-refractivity contribution in [2.24, 2.45) is 30.2 Å². The highest BCUT2D eigenvalue weighted by Crippen LogP contribution is 2.61. The van der Waals surface area contributed by atoms with E-state index < -0.39 is 49.9 Å². The topological polar surface area (TPSA) is 146 Å². The third kappa shape index (κ3) is 7.34. The minimum absolute atomic E-state index is 0.0190. The third-order valence-corrected chi connectivity index (χ3v) is 14.2. The lowest BCUT2D eigenvalue weighted by Crippen LogP contribution is -2.56. The molecule has 0 spiro atoms. The molecule has 9 rings (SSSR count). The van der Waals surface area contributed by atoms with E-state index in [1.54, 1.807) is 24.3 Å². The Balaban J connectivity index is 0.000000176. The lowest BCUT2D eigenvalue weighted by molar-refractivity contribution is -0.266. The van der Waals surface area contributed by atoms with Crippen molar-refractivity contribution in [1.29, 1.82) is 0 Å². The number of rotatable bonds is 7. The first-order chi connectivity index (χ1) is 26.3. The Morgan fingerprint density at radius 2 is 1.25 bits per heavy atom. The van der Waals surface area contributed by atoms with E-state index >= 15 is 0 Å². The monoisotopic (exact) mass is 817 g/mol. The third-order valence-electron chi connectivity index (χ3n) is 11.1. The fraction of sp³-hybridized carbons (Fsp3) is 0.350. The molecule has 0 aliphatic heterocycles. The highest BCUT2D eigenvalue weighted by molar-refractivity contribution is 7.97. The minimum Gasteiger partial charge on any atom is -0.743 e. The molecular weight excluding hydrogens is 782 g/mol. The normalized spacial score (nSPS) is 22.5. The van der Waals surface area contributed by atoms with Gasteiger partial charge in [-0.1, -0.05) is 12.1 Å². The van der Waals surface area contributed by atoms with Gasteiger partial charge in [0.05, 0.1) is 32.7 Å². The molecule has 0 saturated heterocycles. The number of benzene rings is 4. The van der Waals surface area contributed by atoms with Gasteiger partial charge in [0.15, 0.2) is 30.2 Å². The van der Waals surface area contributed by atoms with Crippen LogP contribution in [0, 0.1) is 23.2 Å². The summed E-state index contributed by atoms with van der Waals surface area (Å²) in [7, 11) is -5.20. The first kappa shape index (κ1) is 39.6. The van der Waals surface area contributed by atoms with Crippen LogP contribution in [-0.2, 0) is 37.6 Å². The second kappa shape index (κ2) is 14.4. The molecule has 0 amide bonds. The van der Waals surface area contributed by atoms with Crippen molar-refractivity contribution in [1.82, 2.24) is 4.57 Å².